The predicted octanol–water partition coefficient (Wildman–Crippen LogP) is 1.96. The molecule has 0 aromatic heterocycles. The van der Waals surface area contributed by atoms with Gasteiger partial charge in [0.15, 0.2) is 0 Å². The van der Waals surface area contributed by atoms with Gasteiger partial charge in [0.2, 0.25) is 5.91 Å². The van der Waals surface area contributed by atoms with Crippen LogP contribution in [0.5, 0.6) is 0 Å². The minimum absolute atomic E-state index is 0.158. The van der Waals surface area contributed by atoms with Crippen molar-refractivity contribution < 1.29 is 4.79 Å². The third-order valence-corrected chi connectivity index (χ3v) is 4.04. The van der Waals surface area contributed by atoms with Crippen LogP contribution in [0.4, 0.5) is 5.69 Å². The zero-order chi connectivity index (χ0) is 12.5. The van der Waals surface area contributed by atoms with E-state index in [9.17, 15) is 4.79 Å². The van der Waals surface area contributed by atoms with E-state index in [0.717, 1.165) is 18.9 Å². The van der Waals surface area contributed by atoms with Crippen LogP contribution in [0.1, 0.15) is 25.3 Å². The molecule has 1 saturated carbocycles. The number of nitrogens with one attached hydrogen (secondary N) is 1. The Bertz CT molecular complexity index is 454. The van der Waals surface area contributed by atoms with Crippen molar-refractivity contribution in [3.63, 3.8) is 0 Å². The van der Waals surface area contributed by atoms with Crippen LogP contribution < -0.4 is 10.2 Å². The number of amides is 1. The summed E-state index contributed by atoms with van der Waals surface area (Å²) in [6.45, 7) is 3.58. The summed E-state index contributed by atoms with van der Waals surface area (Å²) in [5.74, 6) is 0.880. The van der Waals surface area contributed by atoms with Crippen LogP contribution in [0.15, 0.2) is 24.3 Å². The highest BCUT2D eigenvalue weighted by Crippen LogP contribution is 2.32. The van der Waals surface area contributed by atoms with Gasteiger partial charge >= 0.3 is 0 Å². The van der Waals surface area contributed by atoms with Crippen LogP contribution in [0.3, 0.4) is 0 Å². The second kappa shape index (κ2) is 4.63. The predicted molar refractivity (Wildman–Crippen MR) is 72.7 cm³/mol. The number of carbonyl (C=O) groups excluding carboxylic acids is 1. The van der Waals surface area contributed by atoms with E-state index in [1.807, 2.05) is 6.07 Å². The van der Waals surface area contributed by atoms with Gasteiger partial charge in [0.1, 0.15) is 0 Å². The van der Waals surface area contributed by atoms with Gasteiger partial charge < -0.3 is 10.2 Å². The molecule has 1 fully saturated rings. The highest BCUT2D eigenvalue weighted by Gasteiger charge is 2.29. The Morgan fingerprint density at radius 2 is 2.22 bits per heavy atom. The normalized spacial score (nSPS) is 19.5. The van der Waals surface area contributed by atoms with E-state index in [4.69, 9.17) is 0 Å². The minimum Gasteiger partial charge on any atom is -0.362 e. The van der Waals surface area contributed by atoms with Crippen molar-refractivity contribution >= 4 is 11.6 Å². The molecule has 1 heterocycles. The fourth-order valence-electron chi connectivity index (χ4n) is 2.76. The molecule has 18 heavy (non-hydrogen) atoms. The molecule has 1 aromatic rings. The van der Waals surface area contributed by atoms with Crippen molar-refractivity contribution in [1.29, 1.82) is 0 Å². The summed E-state index contributed by atoms with van der Waals surface area (Å²) in [5, 5.41) is 3.12. The Morgan fingerprint density at radius 1 is 1.44 bits per heavy atom. The molecule has 0 saturated heterocycles. The number of rotatable bonds is 4. The number of anilines is 1. The quantitative estimate of drug-likeness (QED) is 0.878. The summed E-state index contributed by atoms with van der Waals surface area (Å²) in [7, 11) is 0. The van der Waals surface area contributed by atoms with E-state index in [2.05, 4.69) is 35.3 Å². The van der Waals surface area contributed by atoms with Crippen LogP contribution in [0, 0.1) is 5.92 Å². The van der Waals surface area contributed by atoms with Crippen molar-refractivity contribution in [3.8, 4) is 0 Å². The molecule has 0 bridgehead atoms. The molecule has 1 aromatic carbocycles. The molecular weight excluding hydrogens is 224 g/mol. The van der Waals surface area contributed by atoms with Gasteiger partial charge in [-0.25, -0.2) is 0 Å². The third-order valence-electron chi connectivity index (χ3n) is 4.04. The zero-order valence-electron chi connectivity index (χ0n) is 10.9. The monoisotopic (exact) mass is 244 g/mol. The largest absolute Gasteiger partial charge is 0.362 e. The Morgan fingerprint density at radius 3 is 3.00 bits per heavy atom. The van der Waals surface area contributed by atoms with Gasteiger partial charge in [-0.3, -0.25) is 4.79 Å². The van der Waals surface area contributed by atoms with E-state index in [-0.39, 0.29) is 5.91 Å². The molecule has 0 unspecified atom stereocenters. The van der Waals surface area contributed by atoms with Crippen LogP contribution in [0.25, 0.3) is 0 Å². The van der Waals surface area contributed by atoms with Crippen molar-refractivity contribution in [2.75, 3.05) is 18.0 Å². The lowest BCUT2D eigenvalue weighted by molar-refractivity contribution is -0.120. The zero-order valence-corrected chi connectivity index (χ0v) is 10.9. The molecule has 1 atom stereocenters. The first-order valence-corrected chi connectivity index (χ1v) is 6.86. The lowest BCUT2D eigenvalue weighted by Crippen LogP contribution is -2.41. The van der Waals surface area contributed by atoms with Gasteiger partial charge in [-0.15, -0.1) is 0 Å². The molecular formula is C15H20N2O. The first kappa shape index (κ1) is 11.6. The molecule has 2 aliphatic rings. The number of benzene rings is 1. The molecule has 0 radical (unpaired) electrons. The summed E-state index contributed by atoms with van der Waals surface area (Å²) in [4.78, 5) is 14.2. The Balaban J connectivity index is 1.58. The maximum Gasteiger partial charge on any atom is 0.239 e. The number of hydrogen-bond acceptors (Lipinski definition) is 2. The molecule has 3 nitrogen and oxygen atoms in total. The highest BCUT2D eigenvalue weighted by atomic mass is 16.2. The van der Waals surface area contributed by atoms with Crippen LogP contribution >= 0.6 is 0 Å². The maximum absolute atomic E-state index is 12.0. The van der Waals surface area contributed by atoms with E-state index in [0.29, 0.717) is 12.6 Å². The van der Waals surface area contributed by atoms with Crippen molar-refractivity contribution in [2.24, 2.45) is 5.92 Å². The maximum atomic E-state index is 12.0. The van der Waals surface area contributed by atoms with E-state index < -0.39 is 0 Å². The van der Waals surface area contributed by atoms with Crippen LogP contribution in [-0.4, -0.2) is 25.0 Å². The third kappa shape index (κ3) is 2.35. The molecule has 1 aliphatic heterocycles. The van der Waals surface area contributed by atoms with Crippen molar-refractivity contribution in [3.05, 3.63) is 29.8 Å². The molecule has 3 rings (SSSR count). The van der Waals surface area contributed by atoms with Crippen LogP contribution in [-0.2, 0) is 11.2 Å². The van der Waals surface area contributed by atoms with E-state index in [1.54, 1.807) is 0 Å². The van der Waals surface area contributed by atoms with Crippen molar-refractivity contribution in [2.45, 2.75) is 32.2 Å². The Hall–Kier alpha value is -1.51. The number of carbonyl (C=O) groups is 1. The molecule has 1 aliphatic carbocycles. The average Bonchev–Trinajstić information content (AvgIpc) is 3.14. The number of hydrogen-bond donors (Lipinski definition) is 1. The average molecular weight is 244 g/mol. The number of fused-ring (bicyclic) bond motifs is 1. The molecule has 3 heteroatoms. The van der Waals surface area contributed by atoms with Crippen LogP contribution in [0.2, 0.25) is 0 Å². The lowest BCUT2D eigenvalue weighted by Gasteiger charge is -2.20. The van der Waals surface area contributed by atoms with E-state index in [1.165, 1.54) is 24.1 Å². The van der Waals surface area contributed by atoms with Gasteiger partial charge in [0.05, 0.1) is 6.54 Å². The SMILES string of the molecule is C[C@H](NC(=O)CN1CCc2ccccc21)C1CC1. The summed E-state index contributed by atoms with van der Waals surface area (Å²) in [6.07, 6.45) is 3.60. The Kier molecular flexibility index (Phi) is 2.98. The summed E-state index contributed by atoms with van der Waals surface area (Å²) in [6, 6.07) is 8.72. The molecule has 0 spiro atoms. The molecule has 1 amide bonds. The number of nitrogens with zero attached hydrogens (tertiary/aromatic N) is 1. The summed E-state index contributed by atoms with van der Waals surface area (Å²) in [5.41, 5.74) is 2.59. The second-order valence-electron chi connectivity index (χ2n) is 5.49. The van der Waals surface area contributed by atoms with E-state index >= 15 is 0 Å². The summed E-state index contributed by atoms with van der Waals surface area (Å²) < 4.78 is 0. The fourth-order valence-corrected chi connectivity index (χ4v) is 2.76. The smallest absolute Gasteiger partial charge is 0.239 e. The van der Waals surface area contributed by atoms with Gasteiger partial charge in [0.25, 0.3) is 0 Å². The topological polar surface area (TPSA) is 32.3 Å². The molecule has 1 N–H and O–H groups in total. The summed E-state index contributed by atoms with van der Waals surface area (Å²) >= 11 is 0. The number of para-hydroxylation sites is 1. The van der Waals surface area contributed by atoms with Gasteiger partial charge in [-0.2, -0.15) is 0 Å². The first-order valence-electron chi connectivity index (χ1n) is 6.86. The standard InChI is InChI=1S/C15H20N2O/c1-11(12-6-7-12)16-15(18)10-17-9-8-13-4-2-3-5-14(13)17/h2-5,11-12H,6-10H2,1H3,(H,16,18)/t11-/m0/s1. The minimum atomic E-state index is 0.158. The fraction of sp³-hybridized carbons (Fsp3) is 0.533. The first-order chi connectivity index (χ1) is 8.74. The highest BCUT2D eigenvalue weighted by molar-refractivity contribution is 5.82. The van der Waals surface area contributed by atoms with Gasteiger partial charge in [-0.05, 0) is 43.7 Å². The van der Waals surface area contributed by atoms with Crippen molar-refractivity contribution in [1.82, 2.24) is 5.32 Å². The Labute approximate surface area is 108 Å². The lowest BCUT2D eigenvalue weighted by atomic mass is 10.2. The van der Waals surface area contributed by atoms with Gasteiger partial charge in [-0.1, -0.05) is 18.2 Å². The van der Waals surface area contributed by atoms with Gasteiger partial charge in [0, 0.05) is 18.3 Å². The second-order valence-corrected chi connectivity index (χ2v) is 5.49. The molecule has 96 valence electrons.